The fraction of sp³-hybridized carbons (Fsp3) is 0. The smallest absolute Gasteiger partial charge is 0.0741 e. The first-order valence-electron chi connectivity index (χ1n) is 5.24. The van der Waals surface area contributed by atoms with Crippen molar-refractivity contribution in [1.29, 1.82) is 0 Å². The molecule has 2 aromatic carbocycles. The van der Waals surface area contributed by atoms with Crippen LogP contribution < -0.4 is 5.73 Å². The lowest BCUT2D eigenvalue weighted by Crippen LogP contribution is -1.97. The zero-order chi connectivity index (χ0) is 11.8. The van der Waals surface area contributed by atoms with Crippen LogP contribution in [0.15, 0.2) is 48.7 Å². The summed E-state index contributed by atoms with van der Waals surface area (Å²) in [6.07, 6.45) is 1.83. The molecule has 1 aromatic heterocycles. The summed E-state index contributed by atoms with van der Waals surface area (Å²) < 4.78 is 1.85. The number of hydrogen-bond donors (Lipinski definition) is 1. The lowest BCUT2D eigenvalue weighted by atomic mass is 10.2. The molecule has 0 amide bonds. The molecule has 0 aliphatic heterocycles. The van der Waals surface area contributed by atoms with Gasteiger partial charge < -0.3 is 5.73 Å². The molecule has 2 N–H and O–H groups in total. The zero-order valence-electron chi connectivity index (χ0n) is 8.97. The lowest BCUT2D eigenvalue weighted by molar-refractivity contribution is 0.911. The number of fused-ring (bicyclic) bond motifs is 1. The molecule has 0 fully saturated rings. The van der Waals surface area contributed by atoms with Crippen molar-refractivity contribution >= 4 is 28.2 Å². The molecule has 84 valence electrons. The van der Waals surface area contributed by atoms with Gasteiger partial charge in [0.25, 0.3) is 0 Å². The number of nitrogen functional groups attached to an aromatic ring is 1. The minimum Gasteiger partial charge on any atom is -0.398 e. The Morgan fingerprint density at radius 3 is 2.76 bits per heavy atom. The number of anilines is 1. The third kappa shape index (κ3) is 1.65. The van der Waals surface area contributed by atoms with Crippen LogP contribution in [0, 0.1) is 0 Å². The summed E-state index contributed by atoms with van der Waals surface area (Å²) in [4.78, 5) is 0. The Hall–Kier alpha value is -2.00. The number of halogens is 1. The number of nitrogens with zero attached hydrogens (tertiary/aromatic N) is 2. The molecule has 3 aromatic rings. The third-order valence-electron chi connectivity index (χ3n) is 2.71. The van der Waals surface area contributed by atoms with Crippen LogP contribution in [0.5, 0.6) is 0 Å². The van der Waals surface area contributed by atoms with Crippen LogP contribution in [0.4, 0.5) is 5.69 Å². The summed E-state index contributed by atoms with van der Waals surface area (Å²) in [6, 6.07) is 13.5. The van der Waals surface area contributed by atoms with E-state index in [1.165, 1.54) is 0 Å². The number of hydrogen-bond acceptors (Lipinski definition) is 2. The summed E-state index contributed by atoms with van der Waals surface area (Å²) in [6.45, 7) is 0. The fourth-order valence-electron chi connectivity index (χ4n) is 1.83. The maximum Gasteiger partial charge on any atom is 0.0741 e. The van der Waals surface area contributed by atoms with Gasteiger partial charge in [-0.15, -0.1) is 0 Å². The Bertz CT molecular complexity index is 688. The molecule has 0 aliphatic carbocycles. The van der Waals surface area contributed by atoms with Crippen molar-refractivity contribution in [3.63, 3.8) is 0 Å². The predicted octanol–water partition coefficient (Wildman–Crippen LogP) is 3.26. The highest BCUT2D eigenvalue weighted by Gasteiger charge is 2.05. The van der Waals surface area contributed by atoms with Crippen molar-refractivity contribution in [2.75, 3.05) is 5.73 Å². The maximum atomic E-state index is 6.02. The molecular formula is C13H10ClN3. The van der Waals surface area contributed by atoms with Gasteiger partial charge in [0.15, 0.2) is 0 Å². The van der Waals surface area contributed by atoms with Gasteiger partial charge in [-0.1, -0.05) is 29.8 Å². The summed E-state index contributed by atoms with van der Waals surface area (Å²) in [5.74, 6) is 0. The van der Waals surface area contributed by atoms with Crippen LogP contribution in [0.3, 0.4) is 0 Å². The second-order valence-electron chi connectivity index (χ2n) is 3.82. The van der Waals surface area contributed by atoms with Crippen molar-refractivity contribution in [1.82, 2.24) is 9.78 Å². The number of aromatic nitrogens is 2. The average molecular weight is 244 g/mol. The molecular weight excluding hydrogens is 234 g/mol. The molecule has 17 heavy (non-hydrogen) atoms. The van der Waals surface area contributed by atoms with Crippen LogP contribution in [0.2, 0.25) is 5.02 Å². The SMILES string of the molecule is Nc1ccc(-n2ncc3ccccc32)cc1Cl. The molecule has 0 saturated carbocycles. The largest absolute Gasteiger partial charge is 0.398 e. The van der Waals surface area contributed by atoms with Crippen LogP contribution >= 0.6 is 11.6 Å². The van der Waals surface area contributed by atoms with Crippen molar-refractivity contribution in [2.45, 2.75) is 0 Å². The number of para-hydroxylation sites is 1. The molecule has 4 heteroatoms. The van der Waals surface area contributed by atoms with Gasteiger partial charge >= 0.3 is 0 Å². The third-order valence-corrected chi connectivity index (χ3v) is 3.03. The highest BCUT2D eigenvalue weighted by atomic mass is 35.5. The number of nitrogens with two attached hydrogens (primary N) is 1. The second-order valence-corrected chi connectivity index (χ2v) is 4.23. The quantitative estimate of drug-likeness (QED) is 0.667. The van der Waals surface area contributed by atoms with E-state index in [9.17, 15) is 0 Å². The highest BCUT2D eigenvalue weighted by Crippen LogP contribution is 2.24. The van der Waals surface area contributed by atoms with Crippen molar-refractivity contribution in [3.8, 4) is 5.69 Å². The normalized spacial score (nSPS) is 10.9. The molecule has 3 rings (SSSR count). The van der Waals surface area contributed by atoms with Gasteiger partial charge in [0.2, 0.25) is 0 Å². The molecule has 3 nitrogen and oxygen atoms in total. The summed E-state index contributed by atoms with van der Waals surface area (Å²) in [5.41, 5.74) is 8.23. The van der Waals surface area contributed by atoms with Crippen molar-refractivity contribution in [2.24, 2.45) is 0 Å². The Labute approximate surface area is 103 Å². The lowest BCUT2D eigenvalue weighted by Gasteiger charge is -2.05. The minimum absolute atomic E-state index is 0.544. The average Bonchev–Trinajstić information content (AvgIpc) is 2.76. The first-order valence-corrected chi connectivity index (χ1v) is 5.62. The Kier molecular flexibility index (Phi) is 2.27. The van der Waals surface area contributed by atoms with Gasteiger partial charge in [-0.2, -0.15) is 5.10 Å². The van der Waals surface area contributed by atoms with E-state index in [0.717, 1.165) is 16.6 Å². The van der Waals surface area contributed by atoms with Crippen LogP contribution in [-0.4, -0.2) is 9.78 Å². The van der Waals surface area contributed by atoms with E-state index in [4.69, 9.17) is 17.3 Å². The van der Waals surface area contributed by atoms with E-state index in [0.29, 0.717) is 10.7 Å². The zero-order valence-corrected chi connectivity index (χ0v) is 9.72. The Balaban J connectivity index is 2.24. The second kappa shape index (κ2) is 3.79. The summed E-state index contributed by atoms with van der Waals surface area (Å²) in [5, 5.41) is 5.99. The van der Waals surface area contributed by atoms with E-state index in [-0.39, 0.29) is 0 Å². The molecule has 0 bridgehead atoms. The van der Waals surface area contributed by atoms with Crippen LogP contribution in [0.25, 0.3) is 16.6 Å². The molecule has 0 saturated heterocycles. The maximum absolute atomic E-state index is 6.02. The Morgan fingerprint density at radius 1 is 1.12 bits per heavy atom. The number of rotatable bonds is 1. The van der Waals surface area contributed by atoms with E-state index in [1.54, 1.807) is 6.07 Å². The van der Waals surface area contributed by atoms with E-state index in [2.05, 4.69) is 5.10 Å². The van der Waals surface area contributed by atoms with Crippen LogP contribution in [-0.2, 0) is 0 Å². The van der Waals surface area contributed by atoms with E-state index < -0.39 is 0 Å². The van der Waals surface area contributed by atoms with Crippen molar-refractivity contribution < 1.29 is 0 Å². The molecule has 0 aliphatic rings. The number of benzene rings is 2. The van der Waals surface area contributed by atoms with Gasteiger partial charge in [-0.3, -0.25) is 0 Å². The molecule has 1 heterocycles. The summed E-state index contributed by atoms with van der Waals surface area (Å²) in [7, 11) is 0. The topological polar surface area (TPSA) is 43.8 Å². The van der Waals surface area contributed by atoms with Gasteiger partial charge in [0, 0.05) is 5.39 Å². The van der Waals surface area contributed by atoms with Gasteiger partial charge in [0.05, 0.1) is 28.1 Å². The molecule has 0 radical (unpaired) electrons. The van der Waals surface area contributed by atoms with E-state index >= 15 is 0 Å². The van der Waals surface area contributed by atoms with Crippen molar-refractivity contribution in [3.05, 3.63) is 53.7 Å². The standard InChI is InChI=1S/C13H10ClN3/c14-11-7-10(5-6-12(11)15)17-13-4-2-1-3-9(13)8-16-17/h1-8H,15H2. The minimum atomic E-state index is 0.544. The molecule has 0 unspecified atom stereocenters. The predicted molar refractivity (Wildman–Crippen MR) is 70.5 cm³/mol. The highest BCUT2D eigenvalue weighted by molar-refractivity contribution is 6.33. The van der Waals surface area contributed by atoms with E-state index in [1.807, 2.05) is 47.3 Å². The molecule has 0 atom stereocenters. The first-order chi connectivity index (χ1) is 8.25. The first kappa shape index (κ1) is 10.2. The van der Waals surface area contributed by atoms with Gasteiger partial charge in [-0.05, 0) is 24.3 Å². The monoisotopic (exact) mass is 243 g/mol. The molecule has 0 spiro atoms. The van der Waals surface area contributed by atoms with Crippen LogP contribution in [0.1, 0.15) is 0 Å². The van der Waals surface area contributed by atoms with Gasteiger partial charge in [-0.25, -0.2) is 4.68 Å². The summed E-state index contributed by atoms with van der Waals surface area (Å²) >= 11 is 6.02. The fourth-order valence-corrected chi connectivity index (χ4v) is 2.00. The van der Waals surface area contributed by atoms with Gasteiger partial charge in [0.1, 0.15) is 0 Å². The Morgan fingerprint density at radius 2 is 1.94 bits per heavy atom.